The molecular weight excluding hydrogens is 168 g/mol. The molecule has 0 bridgehead atoms. The molecule has 2 rings (SSSR count). The second kappa shape index (κ2) is 3.35. The second-order valence-corrected chi connectivity index (χ2v) is 2.78. The topological polar surface area (TPSA) is 53.9 Å². The summed E-state index contributed by atoms with van der Waals surface area (Å²) in [5.41, 5.74) is 1.81. The van der Waals surface area contributed by atoms with E-state index in [1.54, 1.807) is 0 Å². The van der Waals surface area contributed by atoms with Gasteiger partial charge in [-0.15, -0.1) is 0 Å². The Morgan fingerprint density at radius 3 is 3.31 bits per heavy atom. The van der Waals surface area contributed by atoms with Crippen molar-refractivity contribution in [2.24, 2.45) is 5.16 Å². The third kappa shape index (κ3) is 1.56. The van der Waals surface area contributed by atoms with Crippen molar-refractivity contribution in [3.8, 4) is 5.75 Å². The van der Waals surface area contributed by atoms with Crippen molar-refractivity contribution in [1.29, 1.82) is 0 Å². The van der Waals surface area contributed by atoms with Gasteiger partial charge in [0.2, 0.25) is 0 Å². The lowest BCUT2D eigenvalue weighted by atomic mass is 10.2. The molecule has 0 saturated heterocycles. The van der Waals surface area contributed by atoms with Crippen LogP contribution in [0.5, 0.6) is 5.75 Å². The molecule has 1 heterocycles. The van der Waals surface area contributed by atoms with Crippen LogP contribution in [0.25, 0.3) is 0 Å². The Labute approximate surface area is 75.8 Å². The van der Waals surface area contributed by atoms with Crippen LogP contribution in [0.15, 0.2) is 23.4 Å². The molecule has 4 nitrogen and oxygen atoms in total. The van der Waals surface area contributed by atoms with Gasteiger partial charge < -0.3 is 15.3 Å². The van der Waals surface area contributed by atoms with Crippen molar-refractivity contribution in [3.05, 3.63) is 23.8 Å². The number of rotatable bonds is 1. The first-order valence-corrected chi connectivity index (χ1v) is 4.08. The minimum Gasteiger partial charge on any atom is -0.490 e. The van der Waals surface area contributed by atoms with Crippen molar-refractivity contribution in [2.75, 3.05) is 18.5 Å². The highest BCUT2D eigenvalue weighted by atomic mass is 16.5. The van der Waals surface area contributed by atoms with E-state index >= 15 is 0 Å². The molecule has 0 amide bonds. The van der Waals surface area contributed by atoms with Gasteiger partial charge in [0.05, 0.1) is 11.9 Å². The average molecular weight is 178 g/mol. The number of nitrogens with one attached hydrogen (secondary N) is 1. The number of benzene rings is 1. The van der Waals surface area contributed by atoms with Gasteiger partial charge in [0.1, 0.15) is 12.4 Å². The van der Waals surface area contributed by atoms with Gasteiger partial charge in [0.25, 0.3) is 0 Å². The lowest BCUT2D eigenvalue weighted by molar-refractivity contribution is 0.321. The van der Waals surface area contributed by atoms with Gasteiger partial charge in [-0.2, -0.15) is 0 Å². The fourth-order valence-corrected chi connectivity index (χ4v) is 1.30. The Morgan fingerprint density at radius 2 is 2.46 bits per heavy atom. The van der Waals surface area contributed by atoms with Crippen molar-refractivity contribution in [3.63, 3.8) is 0 Å². The van der Waals surface area contributed by atoms with Crippen LogP contribution in [0.1, 0.15) is 5.56 Å². The molecule has 1 aliphatic heterocycles. The van der Waals surface area contributed by atoms with E-state index in [2.05, 4.69) is 10.5 Å². The van der Waals surface area contributed by atoms with Crippen molar-refractivity contribution in [1.82, 2.24) is 0 Å². The summed E-state index contributed by atoms with van der Waals surface area (Å²) in [5.74, 6) is 0.809. The quantitative estimate of drug-likeness (QED) is 0.387. The summed E-state index contributed by atoms with van der Waals surface area (Å²) in [6.45, 7) is 1.51. The standard InChI is InChI=1S/C9H10N2O2/c12-11-6-7-1-2-8-9(5-7)13-4-3-10-8/h1-2,5-6,10,12H,3-4H2/b11-6-. The van der Waals surface area contributed by atoms with Crippen molar-refractivity contribution < 1.29 is 9.94 Å². The minimum atomic E-state index is 0.673. The van der Waals surface area contributed by atoms with Crippen LogP contribution in [0.2, 0.25) is 0 Å². The molecule has 1 aromatic carbocycles. The molecule has 0 saturated carbocycles. The Hall–Kier alpha value is -1.71. The maximum absolute atomic E-state index is 8.34. The normalized spacial score (nSPS) is 14.8. The molecule has 2 N–H and O–H groups in total. The molecule has 0 aromatic heterocycles. The lowest BCUT2D eigenvalue weighted by Gasteiger charge is -2.18. The highest BCUT2D eigenvalue weighted by molar-refractivity contribution is 5.81. The highest BCUT2D eigenvalue weighted by Crippen LogP contribution is 2.27. The number of anilines is 1. The van der Waals surface area contributed by atoms with E-state index in [-0.39, 0.29) is 0 Å². The first kappa shape index (κ1) is 7.91. The number of hydrogen-bond donors (Lipinski definition) is 2. The van der Waals surface area contributed by atoms with Crippen LogP contribution in [0.3, 0.4) is 0 Å². The van der Waals surface area contributed by atoms with Crippen LogP contribution >= 0.6 is 0 Å². The molecule has 0 radical (unpaired) electrons. The van der Waals surface area contributed by atoms with Gasteiger partial charge in [-0.25, -0.2) is 0 Å². The number of oxime groups is 1. The predicted octanol–water partition coefficient (Wildman–Crippen LogP) is 1.30. The fourth-order valence-electron chi connectivity index (χ4n) is 1.30. The Balaban J connectivity index is 2.35. The molecule has 0 unspecified atom stereocenters. The SMILES string of the molecule is O/N=C\c1ccc2c(c1)OCCN2. The zero-order chi connectivity index (χ0) is 9.10. The van der Waals surface area contributed by atoms with Gasteiger partial charge in [-0.3, -0.25) is 0 Å². The van der Waals surface area contributed by atoms with Crippen LogP contribution in [-0.4, -0.2) is 24.6 Å². The summed E-state index contributed by atoms with van der Waals surface area (Å²) >= 11 is 0. The molecule has 0 atom stereocenters. The van der Waals surface area contributed by atoms with Gasteiger partial charge in [-0.05, 0) is 17.7 Å². The zero-order valence-electron chi connectivity index (χ0n) is 7.03. The second-order valence-electron chi connectivity index (χ2n) is 2.78. The van der Waals surface area contributed by atoms with Crippen molar-refractivity contribution >= 4 is 11.9 Å². The molecule has 4 heteroatoms. The van der Waals surface area contributed by atoms with E-state index in [4.69, 9.17) is 9.94 Å². The maximum Gasteiger partial charge on any atom is 0.143 e. The molecular formula is C9H10N2O2. The van der Waals surface area contributed by atoms with E-state index in [1.165, 1.54) is 6.21 Å². The molecule has 1 aliphatic rings. The predicted molar refractivity (Wildman–Crippen MR) is 49.8 cm³/mol. The maximum atomic E-state index is 8.34. The summed E-state index contributed by atoms with van der Waals surface area (Å²) < 4.78 is 5.40. The van der Waals surface area contributed by atoms with E-state index in [0.717, 1.165) is 23.5 Å². The van der Waals surface area contributed by atoms with E-state index in [0.29, 0.717) is 6.61 Å². The van der Waals surface area contributed by atoms with Crippen LogP contribution < -0.4 is 10.1 Å². The summed E-state index contributed by atoms with van der Waals surface area (Å²) in [6, 6.07) is 5.60. The zero-order valence-corrected chi connectivity index (χ0v) is 7.03. The van der Waals surface area contributed by atoms with Crippen molar-refractivity contribution in [2.45, 2.75) is 0 Å². The van der Waals surface area contributed by atoms with E-state index in [9.17, 15) is 0 Å². The number of fused-ring (bicyclic) bond motifs is 1. The monoisotopic (exact) mass is 178 g/mol. The highest BCUT2D eigenvalue weighted by Gasteiger charge is 2.08. The molecule has 13 heavy (non-hydrogen) atoms. The molecule has 68 valence electrons. The summed E-state index contributed by atoms with van der Waals surface area (Å²) in [7, 11) is 0. The van der Waals surface area contributed by atoms with E-state index < -0.39 is 0 Å². The van der Waals surface area contributed by atoms with E-state index in [1.807, 2.05) is 18.2 Å². The summed E-state index contributed by atoms with van der Waals surface area (Å²) in [6.07, 6.45) is 1.37. The molecule has 0 aliphatic carbocycles. The number of nitrogens with zero attached hydrogens (tertiary/aromatic N) is 1. The molecule has 1 aromatic rings. The lowest BCUT2D eigenvalue weighted by Crippen LogP contribution is -2.17. The Morgan fingerprint density at radius 1 is 1.54 bits per heavy atom. The third-order valence-corrected chi connectivity index (χ3v) is 1.89. The van der Waals surface area contributed by atoms with Gasteiger partial charge in [0.15, 0.2) is 0 Å². The first-order valence-electron chi connectivity index (χ1n) is 4.08. The van der Waals surface area contributed by atoms with Crippen LogP contribution in [0, 0.1) is 0 Å². The molecule has 0 fully saturated rings. The average Bonchev–Trinajstić information content (AvgIpc) is 2.18. The summed E-state index contributed by atoms with van der Waals surface area (Å²) in [5, 5.41) is 14.5. The largest absolute Gasteiger partial charge is 0.490 e. The fraction of sp³-hybridized carbons (Fsp3) is 0.222. The van der Waals surface area contributed by atoms with Gasteiger partial charge in [-0.1, -0.05) is 11.2 Å². The van der Waals surface area contributed by atoms with Gasteiger partial charge >= 0.3 is 0 Å². The first-order chi connectivity index (χ1) is 6.40. The number of ether oxygens (including phenoxy) is 1. The Bertz CT molecular complexity index is 336. The smallest absolute Gasteiger partial charge is 0.143 e. The van der Waals surface area contributed by atoms with Crippen LogP contribution in [-0.2, 0) is 0 Å². The van der Waals surface area contributed by atoms with Crippen LogP contribution in [0.4, 0.5) is 5.69 Å². The molecule has 0 spiro atoms. The summed E-state index contributed by atoms with van der Waals surface area (Å²) in [4.78, 5) is 0. The van der Waals surface area contributed by atoms with Gasteiger partial charge in [0, 0.05) is 6.54 Å². The third-order valence-electron chi connectivity index (χ3n) is 1.89. The minimum absolute atomic E-state index is 0.673. The number of hydrogen-bond acceptors (Lipinski definition) is 4. The Kier molecular flexibility index (Phi) is 2.04.